The molecule has 1 aliphatic carbocycles. The highest BCUT2D eigenvalue weighted by atomic mass is 19.1. The van der Waals surface area contributed by atoms with Crippen LogP contribution in [0.5, 0.6) is 0 Å². The third kappa shape index (κ3) is 1.50. The normalized spacial score (nSPS) is 15.4. The number of imidazole rings is 1. The average molecular weight is 234 g/mol. The van der Waals surface area contributed by atoms with Crippen LogP contribution in [0.2, 0.25) is 0 Å². The lowest BCUT2D eigenvalue weighted by molar-refractivity contribution is 0.0696. The van der Waals surface area contributed by atoms with Crippen LogP contribution in [0.25, 0.3) is 11.0 Å². The van der Waals surface area contributed by atoms with Crippen molar-refractivity contribution in [2.45, 2.75) is 25.8 Å². The molecule has 0 bridgehead atoms. The molecule has 1 aromatic carbocycles. The number of halogens is 1. The second-order valence-corrected chi connectivity index (χ2v) is 4.39. The van der Waals surface area contributed by atoms with Crippen molar-refractivity contribution < 1.29 is 14.3 Å². The third-order valence-corrected chi connectivity index (χ3v) is 3.07. The number of nitrogens with zero attached hydrogens (tertiary/aromatic N) is 2. The molecule has 1 saturated carbocycles. The van der Waals surface area contributed by atoms with Crippen molar-refractivity contribution in [2.75, 3.05) is 0 Å². The van der Waals surface area contributed by atoms with E-state index < -0.39 is 11.8 Å². The molecule has 4 nitrogen and oxygen atoms in total. The quantitative estimate of drug-likeness (QED) is 0.868. The Labute approximate surface area is 96.7 Å². The summed E-state index contributed by atoms with van der Waals surface area (Å²) in [6.07, 6.45) is 2.07. The number of benzene rings is 1. The maximum Gasteiger partial charge on any atom is 0.335 e. The van der Waals surface area contributed by atoms with Crippen molar-refractivity contribution in [3.8, 4) is 0 Å². The Morgan fingerprint density at radius 3 is 2.82 bits per heavy atom. The first-order valence-electron chi connectivity index (χ1n) is 5.49. The molecule has 1 fully saturated rings. The summed E-state index contributed by atoms with van der Waals surface area (Å²) in [5.41, 5.74) is 0.789. The lowest BCUT2D eigenvalue weighted by atomic mass is 10.2. The first-order chi connectivity index (χ1) is 8.08. The Kier molecular flexibility index (Phi) is 1.98. The predicted octanol–water partition coefficient (Wildman–Crippen LogP) is 2.52. The van der Waals surface area contributed by atoms with Crippen LogP contribution in [0.15, 0.2) is 12.1 Å². The Morgan fingerprint density at radius 1 is 1.53 bits per heavy atom. The average Bonchev–Trinajstić information content (AvgIpc) is 3.01. The number of hydrogen-bond donors (Lipinski definition) is 1. The summed E-state index contributed by atoms with van der Waals surface area (Å²) in [7, 11) is 0. The number of carboxylic acids is 1. The van der Waals surface area contributed by atoms with E-state index in [9.17, 15) is 9.18 Å². The maximum absolute atomic E-state index is 13.9. The summed E-state index contributed by atoms with van der Waals surface area (Å²) in [5.74, 6) is -0.902. The fourth-order valence-electron chi connectivity index (χ4n) is 2.20. The van der Waals surface area contributed by atoms with Gasteiger partial charge in [-0.05, 0) is 31.9 Å². The summed E-state index contributed by atoms with van der Waals surface area (Å²) in [6, 6.07) is 2.81. The number of aryl methyl sites for hydroxylation is 1. The number of carboxylic acid groups (broad SMARTS) is 1. The second-order valence-electron chi connectivity index (χ2n) is 4.39. The topological polar surface area (TPSA) is 55.1 Å². The number of carbonyl (C=O) groups is 1. The lowest BCUT2D eigenvalue weighted by Crippen LogP contribution is -2.00. The molecule has 88 valence electrons. The van der Waals surface area contributed by atoms with Crippen molar-refractivity contribution in [3.63, 3.8) is 0 Å². The van der Waals surface area contributed by atoms with Gasteiger partial charge in [-0.2, -0.15) is 0 Å². The largest absolute Gasteiger partial charge is 0.478 e. The Hall–Kier alpha value is -1.91. The summed E-state index contributed by atoms with van der Waals surface area (Å²) >= 11 is 0. The first-order valence-corrected chi connectivity index (χ1v) is 5.49. The van der Waals surface area contributed by atoms with Crippen molar-refractivity contribution in [3.05, 3.63) is 29.3 Å². The van der Waals surface area contributed by atoms with E-state index in [1.165, 1.54) is 6.07 Å². The van der Waals surface area contributed by atoms with E-state index in [-0.39, 0.29) is 5.56 Å². The molecule has 0 amide bonds. The van der Waals surface area contributed by atoms with Gasteiger partial charge in [0.2, 0.25) is 0 Å². The molecule has 3 rings (SSSR count). The number of rotatable bonds is 2. The molecular weight excluding hydrogens is 223 g/mol. The molecular formula is C12H11FN2O2. The second kappa shape index (κ2) is 3.29. The third-order valence-electron chi connectivity index (χ3n) is 3.07. The smallest absolute Gasteiger partial charge is 0.335 e. The van der Waals surface area contributed by atoms with Gasteiger partial charge in [-0.25, -0.2) is 14.2 Å². The Balaban J connectivity index is 2.31. The zero-order valence-corrected chi connectivity index (χ0v) is 9.27. The maximum atomic E-state index is 13.9. The zero-order valence-electron chi connectivity index (χ0n) is 9.27. The highest BCUT2D eigenvalue weighted by molar-refractivity contribution is 5.92. The van der Waals surface area contributed by atoms with E-state index in [1.807, 2.05) is 11.5 Å². The molecule has 0 atom stereocenters. The molecule has 0 spiro atoms. The minimum atomic E-state index is -1.13. The molecule has 1 heterocycles. The summed E-state index contributed by atoms with van der Waals surface area (Å²) in [6.45, 7) is 1.82. The van der Waals surface area contributed by atoms with E-state index >= 15 is 0 Å². The highest BCUT2D eigenvalue weighted by Crippen LogP contribution is 2.39. The molecule has 0 aliphatic heterocycles. The molecule has 1 aliphatic rings. The SMILES string of the molecule is Cc1nc2cc(C(=O)O)cc(F)c2n1C1CC1. The van der Waals surface area contributed by atoms with Crippen LogP contribution in [0.4, 0.5) is 4.39 Å². The number of aromatic carboxylic acids is 1. The van der Waals surface area contributed by atoms with Crippen molar-refractivity contribution in [1.29, 1.82) is 0 Å². The van der Waals surface area contributed by atoms with Gasteiger partial charge in [0.25, 0.3) is 0 Å². The van der Waals surface area contributed by atoms with E-state index in [1.54, 1.807) is 0 Å². The van der Waals surface area contributed by atoms with Gasteiger partial charge in [0, 0.05) is 6.04 Å². The first kappa shape index (κ1) is 10.3. The summed E-state index contributed by atoms with van der Waals surface area (Å²) in [4.78, 5) is 15.1. The van der Waals surface area contributed by atoms with Crippen molar-refractivity contribution in [1.82, 2.24) is 9.55 Å². The molecule has 0 unspecified atom stereocenters. The van der Waals surface area contributed by atoms with Gasteiger partial charge < -0.3 is 9.67 Å². The van der Waals surface area contributed by atoms with Crippen molar-refractivity contribution >= 4 is 17.0 Å². The van der Waals surface area contributed by atoms with Gasteiger partial charge in [-0.15, -0.1) is 0 Å². The summed E-state index contributed by atoms with van der Waals surface area (Å²) < 4.78 is 15.8. The number of aromatic nitrogens is 2. The highest BCUT2D eigenvalue weighted by Gasteiger charge is 2.28. The van der Waals surface area contributed by atoms with E-state index in [4.69, 9.17) is 5.11 Å². The monoisotopic (exact) mass is 234 g/mol. The molecule has 1 N–H and O–H groups in total. The minimum Gasteiger partial charge on any atom is -0.478 e. The van der Waals surface area contributed by atoms with Crippen LogP contribution in [0, 0.1) is 12.7 Å². The van der Waals surface area contributed by atoms with Crippen LogP contribution in [-0.4, -0.2) is 20.6 Å². The van der Waals surface area contributed by atoms with Crippen LogP contribution < -0.4 is 0 Å². The van der Waals surface area contributed by atoms with E-state index in [2.05, 4.69) is 4.98 Å². The van der Waals surface area contributed by atoms with Gasteiger partial charge in [-0.3, -0.25) is 0 Å². The minimum absolute atomic E-state index is 0.0598. The van der Waals surface area contributed by atoms with Gasteiger partial charge >= 0.3 is 5.97 Å². The molecule has 5 heteroatoms. The van der Waals surface area contributed by atoms with E-state index in [0.717, 1.165) is 24.7 Å². The van der Waals surface area contributed by atoms with E-state index in [0.29, 0.717) is 17.1 Å². The summed E-state index contributed by atoms with van der Waals surface area (Å²) in [5, 5.41) is 8.87. The predicted molar refractivity (Wildman–Crippen MR) is 59.7 cm³/mol. The Bertz CT molecular complexity index is 629. The molecule has 17 heavy (non-hydrogen) atoms. The van der Waals surface area contributed by atoms with Crippen LogP contribution in [0.1, 0.15) is 35.1 Å². The van der Waals surface area contributed by atoms with Gasteiger partial charge in [0.1, 0.15) is 17.2 Å². The molecule has 0 radical (unpaired) electrons. The Morgan fingerprint density at radius 2 is 2.24 bits per heavy atom. The fourth-order valence-corrected chi connectivity index (χ4v) is 2.20. The lowest BCUT2D eigenvalue weighted by Gasteiger charge is -2.05. The van der Waals surface area contributed by atoms with Crippen LogP contribution >= 0.6 is 0 Å². The number of fused-ring (bicyclic) bond motifs is 1. The van der Waals surface area contributed by atoms with Crippen LogP contribution in [0.3, 0.4) is 0 Å². The van der Waals surface area contributed by atoms with Crippen molar-refractivity contribution in [2.24, 2.45) is 0 Å². The number of hydrogen-bond acceptors (Lipinski definition) is 2. The van der Waals surface area contributed by atoms with Gasteiger partial charge in [-0.1, -0.05) is 0 Å². The van der Waals surface area contributed by atoms with Gasteiger partial charge in [0.15, 0.2) is 0 Å². The molecule has 1 aromatic heterocycles. The standard InChI is InChI=1S/C12H11FN2O2/c1-6-14-10-5-7(12(16)17)4-9(13)11(10)15(6)8-2-3-8/h4-5,8H,2-3H2,1H3,(H,16,17). The molecule has 2 aromatic rings. The van der Waals surface area contributed by atoms with Crippen LogP contribution in [-0.2, 0) is 0 Å². The molecule has 0 saturated heterocycles. The zero-order chi connectivity index (χ0) is 12.2. The fraction of sp³-hybridized carbons (Fsp3) is 0.333. The van der Waals surface area contributed by atoms with Gasteiger partial charge in [0.05, 0.1) is 11.1 Å².